The molecule has 0 saturated heterocycles. The third-order valence-electron chi connectivity index (χ3n) is 4.29. The Balaban J connectivity index is 2.39. The van der Waals surface area contributed by atoms with Gasteiger partial charge in [0.15, 0.2) is 5.78 Å². The Hall–Kier alpha value is -0.860. The van der Waals surface area contributed by atoms with Gasteiger partial charge in [0.2, 0.25) is 5.91 Å². The highest BCUT2D eigenvalue weighted by Gasteiger charge is 2.64. The lowest BCUT2D eigenvalue weighted by atomic mass is 9.76. The molecule has 0 radical (unpaired) electrons. The number of hydrogen-bond donors (Lipinski definition) is 1. The maximum atomic E-state index is 11.9. The Morgan fingerprint density at radius 1 is 1.50 bits per heavy atom. The average Bonchev–Trinajstić information content (AvgIpc) is 2.36. The summed E-state index contributed by atoms with van der Waals surface area (Å²) in [4.78, 5) is 23.0. The van der Waals surface area contributed by atoms with Gasteiger partial charge in [0.1, 0.15) is 5.54 Å². The van der Waals surface area contributed by atoms with E-state index >= 15 is 0 Å². The number of carbonyl (C=O) groups excluding carboxylic acids is 2. The number of hydrogen-bond acceptors (Lipinski definition) is 2. The van der Waals surface area contributed by atoms with Gasteiger partial charge in [0.25, 0.3) is 0 Å². The lowest BCUT2D eigenvalue weighted by Crippen LogP contribution is -2.57. The number of amides is 1. The fourth-order valence-electron chi connectivity index (χ4n) is 3.27. The molecule has 2 rings (SSSR count). The first-order chi connectivity index (χ1) is 6.40. The van der Waals surface area contributed by atoms with Crippen LogP contribution in [0.15, 0.2) is 0 Å². The molecule has 0 aromatic carbocycles. The van der Waals surface area contributed by atoms with E-state index in [0.717, 1.165) is 12.8 Å². The Bertz CT molecular complexity index is 308. The summed E-state index contributed by atoms with van der Waals surface area (Å²) < 4.78 is 0. The van der Waals surface area contributed by atoms with Crippen molar-refractivity contribution in [3.05, 3.63) is 0 Å². The molecular formula is C11H17NO2. The molecule has 2 aliphatic carbocycles. The van der Waals surface area contributed by atoms with E-state index in [1.807, 2.05) is 0 Å². The van der Waals surface area contributed by atoms with Crippen LogP contribution in [0, 0.1) is 11.3 Å². The molecule has 78 valence electrons. The fourth-order valence-corrected chi connectivity index (χ4v) is 3.27. The third-order valence-corrected chi connectivity index (χ3v) is 4.29. The lowest BCUT2D eigenvalue weighted by molar-refractivity contribution is -0.132. The van der Waals surface area contributed by atoms with E-state index in [4.69, 9.17) is 0 Å². The molecule has 3 heteroatoms. The van der Waals surface area contributed by atoms with Crippen LogP contribution in [0.4, 0.5) is 0 Å². The SMILES string of the molecule is CC(=O)NC12CC[C@H](CC1=O)C2(C)C. The first-order valence-corrected chi connectivity index (χ1v) is 5.22. The number of ketones is 1. The Morgan fingerprint density at radius 3 is 2.50 bits per heavy atom. The van der Waals surface area contributed by atoms with Crippen LogP contribution in [0.2, 0.25) is 0 Å². The van der Waals surface area contributed by atoms with Crippen LogP contribution in [-0.4, -0.2) is 17.2 Å². The molecule has 2 aliphatic rings. The Morgan fingerprint density at radius 2 is 2.14 bits per heavy atom. The van der Waals surface area contributed by atoms with E-state index in [-0.39, 0.29) is 17.1 Å². The number of fused-ring (bicyclic) bond motifs is 2. The van der Waals surface area contributed by atoms with Crippen LogP contribution in [0.3, 0.4) is 0 Å². The minimum absolute atomic E-state index is 0.0598. The summed E-state index contributed by atoms with van der Waals surface area (Å²) >= 11 is 0. The van der Waals surface area contributed by atoms with Crippen LogP contribution >= 0.6 is 0 Å². The predicted molar refractivity (Wildman–Crippen MR) is 52.7 cm³/mol. The zero-order valence-corrected chi connectivity index (χ0v) is 9.02. The van der Waals surface area contributed by atoms with Gasteiger partial charge in [0, 0.05) is 13.3 Å². The second-order valence-corrected chi connectivity index (χ2v) is 5.17. The maximum absolute atomic E-state index is 11.9. The molecule has 0 heterocycles. The molecule has 1 amide bonds. The number of Topliss-reactive ketones (excluding diaryl/α,β-unsaturated/α-hetero) is 1. The van der Waals surface area contributed by atoms with Crippen molar-refractivity contribution in [1.82, 2.24) is 5.32 Å². The molecule has 2 fully saturated rings. The van der Waals surface area contributed by atoms with Crippen molar-refractivity contribution in [3.8, 4) is 0 Å². The van der Waals surface area contributed by atoms with Gasteiger partial charge in [0.05, 0.1) is 0 Å². The number of carbonyl (C=O) groups is 2. The summed E-state index contributed by atoms with van der Waals surface area (Å²) in [5.74, 6) is 0.602. The molecule has 0 aromatic heterocycles. The van der Waals surface area contributed by atoms with Crippen molar-refractivity contribution in [2.24, 2.45) is 11.3 Å². The summed E-state index contributed by atoms with van der Waals surface area (Å²) in [6.45, 7) is 5.70. The van der Waals surface area contributed by atoms with E-state index in [9.17, 15) is 9.59 Å². The van der Waals surface area contributed by atoms with Crippen molar-refractivity contribution < 1.29 is 9.59 Å². The minimum atomic E-state index is -0.552. The lowest BCUT2D eigenvalue weighted by Gasteiger charge is -2.36. The van der Waals surface area contributed by atoms with E-state index < -0.39 is 5.54 Å². The molecular weight excluding hydrogens is 178 g/mol. The first kappa shape index (κ1) is 9.69. The van der Waals surface area contributed by atoms with Gasteiger partial charge in [-0.1, -0.05) is 13.8 Å². The van der Waals surface area contributed by atoms with Gasteiger partial charge < -0.3 is 5.32 Å². The topological polar surface area (TPSA) is 46.2 Å². The van der Waals surface area contributed by atoms with Crippen molar-refractivity contribution in [2.45, 2.75) is 45.6 Å². The zero-order chi connectivity index (χ0) is 10.6. The summed E-state index contributed by atoms with van der Waals surface area (Å²) in [6, 6.07) is 0. The van der Waals surface area contributed by atoms with Crippen LogP contribution < -0.4 is 5.32 Å². The van der Waals surface area contributed by atoms with E-state index in [2.05, 4.69) is 19.2 Å². The predicted octanol–water partition coefficient (Wildman–Crippen LogP) is 1.27. The molecule has 2 atom stereocenters. The zero-order valence-electron chi connectivity index (χ0n) is 9.02. The van der Waals surface area contributed by atoms with Gasteiger partial charge in [-0.05, 0) is 24.2 Å². The van der Waals surface area contributed by atoms with Crippen LogP contribution in [0.25, 0.3) is 0 Å². The second kappa shape index (κ2) is 2.59. The average molecular weight is 195 g/mol. The van der Waals surface area contributed by atoms with Crippen molar-refractivity contribution >= 4 is 11.7 Å². The molecule has 0 aliphatic heterocycles. The summed E-state index contributed by atoms with van der Waals surface area (Å²) in [5, 5.41) is 2.90. The van der Waals surface area contributed by atoms with E-state index in [1.165, 1.54) is 6.92 Å². The van der Waals surface area contributed by atoms with E-state index in [1.54, 1.807) is 0 Å². The summed E-state index contributed by atoms with van der Waals surface area (Å²) in [7, 11) is 0. The highest BCUT2D eigenvalue weighted by atomic mass is 16.2. The quantitative estimate of drug-likeness (QED) is 0.685. The molecule has 2 saturated carbocycles. The molecule has 3 nitrogen and oxygen atoms in total. The number of rotatable bonds is 1. The molecule has 1 unspecified atom stereocenters. The van der Waals surface area contributed by atoms with E-state index in [0.29, 0.717) is 12.3 Å². The molecule has 0 spiro atoms. The molecule has 14 heavy (non-hydrogen) atoms. The summed E-state index contributed by atoms with van der Waals surface area (Å²) in [6.07, 6.45) is 2.54. The fraction of sp³-hybridized carbons (Fsp3) is 0.818. The number of nitrogens with one attached hydrogen (secondary N) is 1. The Kier molecular flexibility index (Phi) is 1.79. The standard InChI is InChI=1S/C11H17NO2/c1-7(13)12-11-5-4-8(6-9(11)14)10(11,2)3/h8H,4-6H2,1-3H3,(H,12,13)/t8-,11?/m1/s1. The molecule has 0 aromatic rings. The van der Waals surface area contributed by atoms with Gasteiger partial charge in [-0.2, -0.15) is 0 Å². The highest BCUT2D eigenvalue weighted by Crippen LogP contribution is 2.58. The van der Waals surface area contributed by atoms with Crippen molar-refractivity contribution in [1.29, 1.82) is 0 Å². The molecule has 2 bridgehead atoms. The van der Waals surface area contributed by atoms with Gasteiger partial charge in [-0.25, -0.2) is 0 Å². The van der Waals surface area contributed by atoms with Gasteiger partial charge >= 0.3 is 0 Å². The second-order valence-electron chi connectivity index (χ2n) is 5.17. The van der Waals surface area contributed by atoms with Crippen molar-refractivity contribution in [3.63, 3.8) is 0 Å². The van der Waals surface area contributed by atoms with Crippen LogP contribution in [0.1, 0.15) is 40.0 Å². The summed E-state index contributed by atoms with van der Waals surface area (Å²) in [5.41, 5.74) is -0.612. The largest absolute Gasteiger partial charge is 0.343 e. The minimum Gasteiger partial charge on any atom is -0.343 e. The normalized spacial score (nSPS) is 38.8. The van der Waals surface area contributed by atoms with Gasteiger partial charge in [-0.15, -0.1) is 0 Å². The molecule has 1 N–H and O–H groups in total. The Labute approximate surface area is 84.2 Å². The third kappa shape index (κ3) is 0.928. The smallest absolute Gasteiger partial charge is 0.217 e. The monoisotopic (exact) mass is 195 g/mol. The van der Waals surface area contributed by atoms with Crippen LogP contribution in [0.5, 0.6) is 0 Å². The highest BCUT2D eigenvalue weighted by molar-refractivity contribution is 5.96. The van der Waals surface area contributed by atoms with Crippen LogP contribution in [-0.2, 0) is 9.59 Å². The van der Waals surface area contributed by atoms with Gasteiger partial charge in [-0.3, -0.25) is 9.59 Å². The first-order valence-electron chi connectivity index (χ1n) is 5.22. The van der Waals surface area contributed by atoms with Crippen molar-refractivity contribution in [2.75, 3.05) is 0 Å². The maximum Gasteiger partial charge on any atom is 0.217 e.